The van der Waals surface area contributed by atoms with E-state index in [0.29, 0.717) is 4.91 Å². The number of rotatable bonds is 1. The minimum Gasteiger partial charge on any atom is -0.282 e. The molecule has 0 aromatic heterocycles. The molecule has 4 heteroatoms. The van der Waals surface area contributed by atoms with Gasteiger partial charge in [-0.2, -0.15) is 0 Å². The number of benzene rings is 1. The zero-order chi connectivity index (χ0) is 11.7. The van der Waals surface area contributed by atoms with Crippen LogP contribution < -0.4 is 5.32 Å². The van der Waals surface area contributed by atoms with Crippen molar-refractivity contribution in [2.24, 2.45) is 0 Å². The molecule has 0 radical (unpaired) electrons. The number of hydrogen-bond donors (Lipinski definition) is 1. The number of amides is 2. The Morgan fingerprint density at radius 1 is 1.19 bits per heavy atom. The summed E-state index contributed by atoms with van der Waals surface area (Å²) in [6, 6.07) is 5.94. The molecule has 3 nitrogen and oxygen atoms in total. The van der Waals surface area contributed by atoms with Gasteiger partial charge in [0.15, 0.2) is 0 Å². The third-order valence-corrected chi connectivity index (χ3v) is 3.27. The van der Waals surface area contributed by atoms with E-state index in [1.165, 1.54) is 0 Å². The second-order valence-corrected chi connectivity index (χ2v) is 4.67. The van der Waals surface area contributed by atoms with Crippen LogP contribution in [-0.4, -0.2) is 11.1 Å². The van der Waals surface area contributed by atoms with Gasteiger partial charge in [0, 0.05) is 0 Å². The fourth-order valence-corrected chi connectivity index (χ4v) is 2.27. The van der Waals surface area contributed by atoms with Crippen molar-refractivity contribution in [3.63, 3.8) is 0 Å². The van der Waals surface area contributed by atoms with Crippen LogP contribution in [0.25, 0.3) is 6.08 Å². The van der Waals surface area contributed by atoms with Crippen molar-refractivity contribution in [2.45, 2.75) is 13.8 Å². The van der Waals surface area contributed by atoms with Gasteiger partial charge in [-0.25, -0.2) is 0 Å². The first-order chi connectivity index (χ1) is 7.58. The second-order valence-electron chi connectivity index (χ2n) is 3.66. The van der Waals surface area contributed by atoms with Crippen LogP contribution in [0.2, 0.25) is 0 Å². The molecule has 0 spiro atoms. The van der Waals surface area contributed by atoms with E-state index in [0.717, 1.165) is 28.5 Å². The highest BCUT2D eigenvalue weighted by molar-refractivity contribution is 8.18. The Morgan fingerprint density at radius 2 is 1.81 bits per heavy atom. The van der Waals surface area contributed by atoms with E-state index < -0.39 is 0 Å². The first-order valence-corrected chi connectivity index (χ1v) is 5.70. The van der Waals surface area contributed by atoms with Crippen molar-refractivity contribution in [2.75, 3.05) is 0 Å². The number of aryl methyl sites for hydroxylation is 2. The molecule has 1 N–H and O–H groups in total. The van der Waals surface area contributed by atoms with Crippen LogP contribution in [-0.2, 0) is 4.79 Å². The quantitative estimate of drug-likeness (QED) is 0.758. The third kappa shape index (κ3) is 2.02. The molecule has 0 aliphatic carbocycles. The standard InChI is InChI=1S/C12H11NO2S/c1-7-4-3-5-8(2)9(7)6-10-11(14)13-12(15)16-10/h3-6H,1-2H3,(H,13,14,15)/b10-6-. The van der Waals surface area contributed by atoms with Crippen molar-refractivity contribution in [3.8, 4) is 0 Å². The fraction of sp³-hybridized carbons (Fsp3) is 0.167. The minimum atomic E-state index is -0.308. The van der Waals surface area contributed by atoms with Gasteiger partial charge in [0.1, 0.15) is 0 Å². The van der Waals surface area contributed by atoms with Crippen LogP contribution in [0.1, 0.15) is 16.7 Å². The zero-order valence-corrected chi connectivity index (χ0v) is 9.85. The van der Waals surface area contributed by atoms with Gasteiger partial charge in [-0.05, 0) is 48.4 Å². The maximum absolute atomic E-state index is 11.4. The molecule has 1 aliphatic rings. The molecular formula is C12H11NO2S. The average Bonchev–Trinajstić information content (AvgIpc) is 2.51. The predicted octanol–water partition coefficient (Wildman–Crippen LogP) is 2.63. The van der Waals surface area contributed by atoms with Crippen LogP contribution in [0.15, 0.2) is 23.1 Å². The summed E-state index contributed by atoms with van der Waals surface area (Å²) in [5, 5.41) is 1.94. The number of hydrogen-bond acceptors (Lipinski definition) is 3. The second kappa shape index (κ2) is 4.14. The molecule has 0 saturated carbocycles. The lowest BCUT2D eigenvalue weighted by molar-refractivity contribution is -0.115. The fourth-order valence-electron chi connectivity index (χ4n) is 1.61. The van der Waals surface area contributed by atoms with Gasteiger partial charge in [0.2, 0.25) is 0 Å². The van der Waals surface area contributed by atoms with Crippen molar-refractivity contribution in [1.29, 1.82) is 0 Å². The number of carbonyl (C=O) groups excluding carboxylic acids is 2. The minimum absolute atomic E-state index is 0.303. The SMILES string of the molecule is Cc1cccc(C)c1/C=C1\SC(=O)NC1=O. The first-order valence-electron chi connectivity index (χ1n) is 4.89. The Kier molecular flexibility index (Phi) is 2.83. The molecular weight excluding hydrogens is 222 g/mol. The molecule has 0 atom stereocenters. The zero-order valence-electron chi connectivity index (χ0n) is 9.03. The Morgan fingerprint density at radius 3 is 2.31 bits per heavy atom. The predicted molar refractivity (Wildman–Crippen MR) is 65.0 cm³/mol. The number of imide groups is 1. The van der Waals surface area contributed by atoms with Crippen LogP contribution >= 0.6 is 11.8 Å². The number of thioether (sulfide) groups is 1. The van der Waals surface area contributed by atoms with Gasteiger partial charge in [-0.3, -0.25) is 14.9 Å². The van der Waals surface area contributed by atoms with E-state index >= 15 is 0 Å². The van der Waals surface area contributed by atoms with Crippen molar-refractivity contribution in [3.05, 3.63) is 39.8 Å². The van der Waals surface area contributed by atoms with Crippen LogP contribution in [0.5, 0.6) is 0 Å². The van der Waals surface area contributed by atoms with Gasteiger partial charge in [-0.15, -0.1) is 0 Å². The van der Waals surface area contributed by atoms with E-state index in [-0.39, 0.29) is 11.1 Å². The van der Waals surface area contributed by atoms with Crippen molar-refractivity contribution < 1.29 is 9.59 Å². The van der Waals surface area contributed by atoms with Crippen LogP contribution in [0.4, 0.5) is 4.79 Å². The highest BCUT2D eigenvalue weighted by Crippen LogP contribution is 2.27. The summed E-state index contributed by atoms with van der Waals surface area (Å²) in [5.74, 6) is -0.308. The normalized spacial score (nSPS) is 18.0. The van der Waals surface area contributed by atoms with Crippen LogP contribution in [0, 0.1) is 13.8 Å². The smallest absolute Gasteiger partial charge is 0.282 e. The van der Waals surface area contributed by atoms with Gasteiger partial charge in [-0.1, -0.05) is 18.2 Å². The van der Waals surface area contributed by atoms with E-state index in [1.54, 1.807) is 6.08 Å². The molecule has 1 saturated heterocycles. The molecule has 0 bridgehead atoms. The number of carbonyl (C=O) groups is 2. The van der Waals surface area contributed by atoms with Gasteiger partial charge in [0.05, 0.1) is 4.91 Å². The average molecular weight is 233 g/mol. The third-order valence-electron chi connectivity index (χ3n) is 2.46. The van der Waals surface area contributed by atoms with Crippen molar-refractivity contribution in [1.82, 2.24) is 5.32 Å². The molecule has 1 aromatic rings. The van der Waals surface area contributed by atoms with Crippen LogP contribution in [0.3, 0.4) is 0 Å². The summed E-state index contributed by atoms with van der Waals surface area (Å²) in [7, 11) is 0. The molecule has 2 amide bonds. The highest BCUT2D eigenvalue weighted by atomic mass is 32.2. The summed E-state index contributed by atoms with van der Waals surface area (Å²) < 4.78 is 0. The van der Waals surface area contributed by atoms with E-state index in [4.69, 9.17) is 0 Å². The van der Waals surface area contributed by atoms with E-state index in [2.05, 4.69) is 5.32 Å². The molecule has 1 aliphatic heterocycles. The lowest BCUT2D eigenvalue weighted by Crippen LogP contribution is -2.17. The molecule has 82 valence electrons. The summed E-state index contributed by atoms with van der Waals surface area (Å²) in [4.78, 5) is 22.9. The van der Waals surface area contributed by atoms with E-state index in [9.17, 15) is 9.59 Å². The van der Waals surface area contributed by atoms with Gasteiger partial charge in [0.25, 0.3) is 11.1 Å². The summed E-state index contributed by atoms with van der Waals surface area (Å²) in [6.45, 7) is 3.97. The largest absolute Gasteiger partial charge is 0.290 e. The Labute approximate surface area is 97.9 Å². The molecule has 16 heavy (non-hydrogen) atoms. The summed E-state index contributed by atoms with van der Waals surface area (Å²) in [6.07, 6.45) is 1.77. The lowest BCUT2D eigenvalue weighted by Gasteiger charge is -2.04. The van der Waals surface area contributed by atoms with Gasteiger partial charge >= 0.3 is 0 Å². The summed E-state index contributed by atoms with van der Waals surface area (Å²) >= 11 is 0.947. The molecule has 1 aromatic carbocycles. The lowest BCUT2D eigenvalue weighted by atomic mass is 10.0. The maximum Gasteiger partial charge on any atom is 0.290 e. The summed E-state index contributed by atoms with van der Waals surface area (Å²) in [5.41, 5.74) is 3.20. The first kappa shape index (κ1) is 11.0. The highest BCUT2D eigenvalue weighted by Gasteiger charge is 2.25. The number of nitrogens with one attached hydrogen (secondary N) is 1. The molecule has 1 heterocycles. The van der Waals surface area contributed by atoms with Crippen molar-refractivity contribution >= 4 is 29.0 Å². The topological polar surface area (TPSA) is 46.2 Å². The monoisotopic (exact) mass is 233 g/mol. The Bertz CT molecular complexity index is 485. The molecule has 0 unspecified atom stereocenters. The van der Waals surface area contributed by atoms with Gasteiger partial charge < -0.3 is 0 Å². The molecule has 1 fully saturated rings. The Hall–Kier alpha value is -1.55. The molecule has 2 rings (SSSR count). The van der Waals surface area contributed by atoms with E-state index in [1.807, 2.05) is 32.0 Å². The maximum atomic E-state index is 11.4. The Balaban J connectivity index is 2.44.